The van der Waals surface area contributed by atoms with Crippen molar-refractivity contribution in [2.45, 2.75) is 33.1 Å². The Morgan fingerprint density at radius 3 is 2.06 bits per heavy atom. The number of rotatable bonds is 2. The van der Waals surface area contributed by atoms with Crippen LogP contribution in [0.25, 0.3) is 0 Å². The van der Waals surface area contributed by atoms with Crippen LogP contribution in [0.5, 0.6) is 0 Å². The Labute approximate surface area is 106 Å². The topological polar surface area (TPSA) is 166 Å². The maximum atomic E-state index is 11.9. The highest BCUT2D eigenvalue weighted by Crippen LogP contribution is 2.64. The van der Waals surface area contributed by atoms with Crippen LogP contribution in [0.2, 0.25) is 0 Å². The molecule has 2 aliphatic rings. The first kappa shape index (κ1) is 19.8. The fourth-order valence-electron chi connectivity index (χ4n) is 3.42. The van der Waals surface area contributed by atoms with Gasteiger partial charge in [-0.3, -0.25) is 9.35 Å². The predicted molar refractivity (Wildman–Crippen MR) is 65.8 cm³/mol. The minimum atomic E-state index is -4.08. The number of carbonyl (C=O) groups excluding carboxylic acids is 1. The Kier molecular flexibility index (Phi) is 5.74. The highest BCUT2D eigenvalue weighted by Gasteiger charge is 2.65. The zero-order chi connectivity index (χ0) is 11.5. The molecule has 2 aliphatic carbocycles. The lowest BCUT2D eigenvalue weighted by Crippen LogP contribution is -2.42. The summed E-state index contributed by atoms with van der Waals surface area (Å²) in [6, 6.07) is 0. The lowest BCUT2D eigenvalue weighted by atomic mass is 9.70. The summed E-state index contributed by atoms with van der Waals surface area (Å²) < 4.78 is 31.0. The van der Waals surface area contributed by atoms with E-state index in [-0.39, 0.29) is 33.5 Å². The molecule has 0 aromatic rings. The molecule has 0 unspecified atom stereocenters. The van der Waals surface area contributed by atoms with Gasteiger partial charge in [-0.1, -0.05) is 13.8 Å². The fourth-order valence-corrected chi connectivity index (χ4v) is 4.72. The van der Waals surface area contributed by atoms with Gasteiger partial charge in [-0.25, -0.2) is 0 Å². The van der Waals surface area contributed by atoms with Crippen molar-refractivity contribution >= 4 is 15.9 Å². The first-order valence-corrected chi connectivity index (χ1v) is 6.78. The smallest absolute Gasteiger partial charge is 0.265 e. The van der Waals surface area contributed by atoms with E-state index in [1.54, 1.807) is 0 Å². The molecule has 0 saturated heterocycles. The van der Waals surface area contributed by atoms with Gasteiger partial charge in [0.2, 0.25) is 0 Å². The van der Waals surface area contributed by atoms with Gasteiger partial charge in [0.05, 0.1) is 11.2 Å². The molecule has 2 saturated carbocycles. The van der Waals surface area contributed by atoms with Crippen molar-refractivity contribution in [1.82, 2.24) is 0 Å². The number of carbonyl (C=O) groups is 1. The Bertz CT molecular complexity index is 414. The van der Waals surface area contributed by atoms with Crippen molar-refractivity contribution in [2.24, 2.45) is 16.7 Å². The monoisotopic (exact) mass is 286 g/mol. The SMILES string of the molecule is CC1(C)[C@@H]2CC[C@@]1(CS(=O)(=O)O)C(=O)C2.O.O.O. The predicted octanol–water partition coefficient (Wildman–Crippen LogP) is -1.20. The molecule has 0 amide bonds. The Morgan fingerprint density at radius 2 is 1.78 bits per heavy atom. The summed E-state index contributed by atoms with van der Waals surface area (Å²) in [7, 11) is -4.08. The number of fused-ring (bicyclic) bond motifs is 2. The Balaban J connectivity index is 0. The van der Waals surface area contributed by atoms with Crippen LogP contribution in [0, 0.1) is 16.7 Å². The molecule has 0 aromatic heterocycles. The van der Waals surface area contributed by atoms with Crippen LogP contribution in [-0.2, 0) is 14.9 Å². The van der Waals surface area contributed by atoms with E-state index in [1.807, 2.05) is 13.8 Å². The molecule has 110 valence electrons. The van der Waals surface area contributed by atoms with E-state index in [0.29, 0.717) is 12.8 Å². The van der Waals surface area contributed by atoms with Gasteiger partial charge in [-0.05, 0) is 24.2 Å². The number of hydrogen-bond acceptors (Lipinski definition) is 3. The second-order valence-electron chi connectivity index (χ2n) is 5.39. The molecule has 0 aromatic carbocycles. The van der Waals surface area contributed by atoms with Crippen LogP contribution in [-0.4, -0.2) is 40.9 Å². The van der Waals surface area contributed by atoms with Crippen molar-refractivity contribution in [3.05, 3.63) is 0 Å². The van der Waals surface area contributed by atoms with Gasteiger partial charge in [-0.15, -0.1) is 0 Å². The summed E-state index contributed by atoms with van der Waals surface area (Å²) >= 11 is 0. The van der Waals surface area contributed by atoms with Crippen LogP contribution in [0.1, 0.15) is 33.1 Å². The molecule has 8 heteroatoms. The molecular weight excluding hydrogens is 264 g/mol. The van der Waals surface area contributed by atoms with E-state index in [2.05, 4.69) is 0 Å². The summed E-state index contributed by atoms with van der Waals surface area (Å²) in [6.07, 6.45) is 1.97. The molecular formula is C10H22O7S. The molecule has 7 nitrogen and oxygen atoms in total. The highest BCUT2D eigenvalue weighted by atomic mass is 32.2. The van der Waals surface area contributed by atoms with Crippen molar-refractivity contribution in [1.29, 1.82) is 0 Å². The third-order valence-corrected chi connectivity index (χ3v) is 5.43. The van der Waals surface area contributed by atoms with Crippen LogP contribution in [0.15, 0.2) is 0 Å². The van der Waals surface area contributed by atoms with Crippen LogP contribution in [0.3, 0.4) is 0 Å². The standard InChI is InChI=1S/C10H16O4S.3H2O/c1-9(2)7-3-4-10(9,8(11)5-7)6-15(12,13)14;;;/h7H,3-6H2,1-2H3,(H,12,13,14);3*1H2/t7-,10-;;;/m1.../s1. The first-order chi connectivity index (χ1) is 6.69. The molecule has 0 spiro atoms. The van der Waals surface area contributed by atoms with Crippen LogP contribution in [0.4, 0.5) is 0 Å². The molecule has 7 N–H and O–H groups in total. The Morgan fingerprint density at radius 1 is 1.28 bits per heavy atom. The van der Waals surface area contributed by atoms with Gasteiger partial charge in [0.25, 0.3) is 10.1 Å². The zero-order valence-electron chi connectivity index (χ0n) is 10.5. The van der Waals surface area contributed by atoms with Crippen molar-refractivity contribution in [3.63, 3.8) is 0 Å². The van der Waals surface area contributed by atoms with Gasteiger partial charge in [0.15, 0.2) is 0 Å². The average Bonchev–Trinajstić information content (AvgIpc) is 2.34. The maximum Gasteiger partial charge on any atom is 0.265 e. The normalized spacial score (nSPS) is 32.2. The fraction of sp³-hybridized carbons (Fsp3) is 0.900. The summed E-state index contributed by atoms with van der Waals surface area (Å²) in [6.45, 7) is 3.89. The largest absolute Gasteiger partial charge is 0.412 e. The molecule has 2 fully saturated rings. The third kappa shape index (κ3) is 2.43. The van der Waals surface area contributed by atoms with Crippen LogP contribution >= 0.6 is 0 Å². The van der Waals surface area contributed by atoms with Crippen molar-refractivity contribution < 1.29 is 34.2 Å². The van der Waals surface area contributed by atoms with Gasteiger partial charge in [-0.2, -0.15) is 8.42 Å². The maximum absolute atomic E-state index is 11.9. The molecule has 0 aliphatic heterocycles. The van der Waals surface area contributed by atoms with Crippen molar-refractivity contribution in [2.75, 3.05) is 5.75 Å². The lowest BCUT2D eigenvalue weighted by molar-refractivity contribution is -0.128. The first-order valence-electron chi connectivity index (χ1n) is 5.17. The molecule has 2 atom stereocenters. The summed E-state index contributed by atoms with van der Waals surface area (Å²) in [5, 5.41) is 0. The summed E-state index contributed by atoms with van der Waals surface area (Å²) in [5.41, 5.74) is -1.12. The number of ketones is 1. The van der Waals surface area contributed by atoms with E-state index < -0.39 is 21.3 Å². The highest BCUT2D eigenvalue weighted by molar-refractivity contribution is 7.85. The zero-order valence-corrected chi connectivity index (χ0v) is 11.3. The van der Waals surface area contributed by atoms with E-state index in [0.717, 1.165) is 6.42 Å². The molecule has 0 radical (unpaired) electrons. The van der Waals surface area contributed by atoms with Crippen molar-refractivity contribution in [3.8, 4) is 0 Å². The van der Waals surface area contributed by atoms with Gasteiger partial charge in [0.1, 0.15) is 5.78 Å². The molecule has 0 heterocycles. The summed E-state index contributed by atoms with van der Waals surface area (Å²) in [4.78, 5) is 11.9. The number of hydrogen-bond donors (Lipinski definition) is 1. The minimum Gasteiger partial charge on any atom is -0.412 e. The third-order valence-electron chi connectivity index (χ3n) is 4.57. The molecule has 2 rings (SSSR count). The Hall–Kier alpha value is -0.540. The van der Waals surface area contributed by atoms with Gasteiger partial charge < -0.3 is 16.4 Å². The molecule has 18 heavy (non-hydrogen) atoms. The van der Waals surface area contributed by atoms with E-state index in [4.69, 9.17) is 4.55 Å². The summed E-state index contributed by atoms with van der Waals surface area (Å²) in [5.74, 6) is -0.101. The lowest BCUT2D eigenvalue weighted by Gasteiger charge is -2.35. The number of Topliss-reactive ketones (excluding diaryl/α,β-unsaturated/α-hetero) is 1. The minimum absolute atomic E-state index is 0. The quantitative estimate of drug-likeness (QED) is 0.629. The van der Waals surface area contributed by atoms with E-state index in [1.165, 1.54) is 0 Å². The van der Waals surface area contributed by atoms with Gasteiger partial charge >= 0.3 is 0 Å². The van der Waals surface area contributed by atoms with E-state index in [9.17, 15) is 13.2 Å². The molecule has 2 bridgehead atoms. The van der Waals surface area contributed by atoms with Gasteiger partial charge in [0, 0.05) is 6.42 Å². The van der Waals surface area contributed by atoms with E-state index >= 15 is 0 Å². The second-order valence-corrected chi connectivity index (χ2v) is 6.85. The second kappa shape index (κ2) is 5.22. The van der Waals surface area contributed by atoms with Crippen LogP contribution < -0.4 is 0 Å². The average molecular weight is 286 g/mol.